The van der Waals surface area contributed by atoms with Crippen molar-refractivity contribution in [1.82, 2.24) is 5.32 Å². The standard InChI is InChI=1S/C15H21F2NO/c1-10(18-12-5-3-2-4-6-12)15(19)13-9-11(16)7-8-14(13)17/h7-10,12,15,18-19H,2-6H2,1H3. The maximum absolute atomic E-state index is 13.6. The molecule has 2 N–H and O–H groups in total. The van der Waals surface area contributed by atoms with E-state index in [1.165, 1.54) is 19.3 Å². The molecule has 0 aromatic heterocycles. The van der Waals surface area contributed by atoms with Gasteiger partial charge in [0.1, 0.15) is 11.6 Å². The van der Waals surface area contributed by atoms with Gasteiger partial charge in [0, 0.05) is 17.6 Å². The first-order valence-electron chi connectivity index (χ1n) is 6.97. The molecule has 1 aromatic carbocycles. The van der Waals surface area contributed by atoms with Crippen LogP contribution in [0.5, 0.6) is 0 Å². The summed E-state index contributed by atoms with van der Waals surface area (Å²) >= 11 is 0. The topological polar surface area (TPSA) is 32.3 Å². The quantitative estimate of drug-likeness (QED) is 0.879. The summed E-state index contributed by atoms with van der Waals surface area (Å²) in [4.78, 5) is 0. The van der Waals surface area contributed by atoms with Gasteiger partial charge < -0.3 is 10.4 Å². The summed E-state index contributed by atoms with van der Waals surface area (Å²) in [7, 11) is 0. The molecule has 2 nitrogen and oxygen atoms in total. The molecule has 0 spiro atoms. The molecule has 0 heterocycles. The number of hydrogen-bond donors (Lipinski definition) is 2. The Morgan fingerprint density at radius 1 is 1.21 bits per heavy atom. The van der Waals surface area contributed by atoms with Crippen LogP contribution in [0.15, 0.2) is 18.2 Å². The molecule has 0 bridgehead atoms. The number of benzene rings is 1. The Kier molecular flexibility index (Phi) is 4.88. The van der Waals surface area contributed by atoms with E-state index in [4.69, 9.17) is 0 Å². The minimum Gasteiger partial charge on any atom is -0.387 e. The van der Waals surface area contributed by atoms with Crippen LogP contribution in [-0.2, 0) is 0 Å². The Balaban J connectivity index is 2.01. The summed E-state index contributed by atoms with van der Waals surface area (Å²) in [5, 5.41) is 13.5. The van der Waals surface area contributed by atoms with Crippen LogP contribution in [0, 0.1) is 11.6 Å². The van der Waals surface area contributed by atoms with Gasteiger partial charge >= 0.3 is 0 Å². The van der Waals surface area contributed by atoms with Gasteiger partial charge in [-0.15, -0.1) is 0 Å². The fraction of sp³-hybridized carbons (Fsp3) is 0.600. The molecule has 0 radical (unpaired) electrons. The first-order valence-corrected chi connectivity index (χ1v) is 6.97. The summed E-state index contributed by atoms with van der Waals surface area (Å²) in [5.74, 6) is -1.09. The third-order valence-electron chi connectivity index (χ3n) is 3.85. The predicted octanol–water partition coefficient (Wildman–Crippen LogP) is 3.31. The molecule has 1 fully saturated rings. The lowest BCUT2D eigenvalue weighted by Gasteiger charge is -2.29. The van der Waals surface area contributed by atoms with E-state index in [-0.39, 0.29) is 11.6 Å². The fourth-order valence-electron chi connectivity index (χ4n) is 2.74. The number of rotatable bonds is 4. The number of aliphatic hydroxyl groups is 1. The Morgan fingerprint density at radius 2 is 1.89 bits per heavy atom. The van der Waals surface area contributed by atoms with Crippen molar-refractivity contribution < 1.29 is 13.9 Å². The average molecular weight is 269 g/mol. The van der Waals surface area contributed by atoms with Crippen molar-refractivity contribution in [3.05, 3.63) is 35.4 Å². The smallest absolute Gasteiger partial charge is 0.129 e. The maximum Gasteiger partial charge on any atom is 0.129 e. The molecule has 2 rings (SSSR count). The summed E-state index contributed by atoms with van der Waals surface area (Å²) in [5.41, 5.74) is 0.0239. The van der Waals surface area contributed by atoms with E-state index < -0.39 is 17.7 Å². The zero-order chi connectivity index (χ0) is 13.8. The van der Waals surface area contributed by atoms with Crippen molar-refractivity contribution in [2.75, 3.05) is 0 Å². The van der Waals surface area contributed by atoms with Crippen molar-refractivity contribution in [3.8, 4) is 0 Å². The van der Waals surface area contributed by atoms with Gasteiger partial charge in [-0.2, -0.15) is 0 Å². The normalized spacial score (nSPS) is 20.2. The highest BCUT2D eigenvalue weighted by atomic mass is 19.1. The van der Waals surface area contributed by atoms with Crippen molar-refractivity contribution in [3.63, 3.8) is 0 Å². The van der Waals surface area contributed by atoms with Gasteiger partial charge in [0.05, 0.1) is 6.10 Å². The molecule has 1 aromatic rings. The van der Waals surface area contributed by atoms with E-state index >= 15 is 0 Å². The molecular formula is C15H21F2NO. The summed E-state index contributed by atoms with van der Waals surface area (Å²) in [6.45, 7) is 1.81. The molecule has 19 heavy (non-hydrogen) atoms. The Bertz CT molecular complexity index is 419. The highest BCUT2D eigenvalue weighted by Crippen LogP contribution is 2.24. The van der Waals surface area contributed by atoms with Gasteiger partial charge in [-0.3, -0.25) is 0 Å². The molecule has 0 saturated heterocycles. The lowest BCUT2D eigenvalue weighted by molar-refractivity contribution is 0.121. The van der Waals surface area contributed by atoms with Gasteiger partial charge in [-0.1, -0.05) is 19.3 Å². The third-order valence-corrected chi connectivity index (χ3v) is 3.85. The van der Waals surface area contributed by atoms with Gasteiger partial charge in [-0.05, 0) is 38.0 Å². The first-order chi connectivity index (χ1) is 9.08. The van der Waals surface area contributed by atoms with Gasteiger partial charge in [0.2, 0.25) is 0 Å². The van der Waals surface area contributed by atoms with Crippen molar-refractivity contribution in [2.24, 2.45) is 0 Å². The van der Waals surface area contributed by atoms with Crippen LogP contribution in [0.1, 0.15) is 50.7 Å². The third kappa shape index (κ3) is 3.74. The van der Waals surface area contributed by atoms with Gasteiger partial charge in [-0.25, -0.2) is 8.78 Å². The lowest BCUT2D eigenvalue weighted by Crippen LogP contribution is -2.41. The molecule has 2 unspecified atom stereocenters. The van der Waals surface area contributed by atoms with E-state index in [2.05, 4.69) is 5.32 Å². The zero-order valence-electron chi connectivity index (χ0n) is 11.2. The first kappa shape index (κ1) is 14.4. The van der Waals surface area contributed by atoms with Gasteiger partial charge in [0.15, 0.2) is 0 Å². The van der Waals surface area contributed by atoms with Crippen LogP contribution in [0.2, 0.25) is 0 Å². The minimum absolute atomic E-state index is 0.0239. The van der Waals surface area contributed by atoms with E-state index in [0.717, 1.165) is 31.0 Å². The molecule has 1 aliphatic carbocycles. The number of halogens is 2. The van der Waals surface area contributed by atoms with Crippen LogP contribution in [0.25, 0.3) is 0 Å². The van der Waals surface area contributed by atoms with Crippen LogP contribution in [0.4, 0.5) is 8.78 Å². The molecule has 106 valence electrons. The lowest BCUT2D eigenvalue weighted by atomic mass is 9.93. The zero-order valence-corrected chi connectivity index (χ0v) is 11.2. The SMILES string of the molecule is CC(NC1CCCCC1)C(O)c1cc(F)ccc1F. The van der Waals surface area contributed by atoms with Crippen LogP contribution in [-0.4, -0.2) is 17.2 Å². The second kappa shape index (κ2) is 6.44. The number of hydrogen-bond acceptors (Lipinski definition) is 2. The monoisotopic (exact) mass is 269 g/mol. The Labute approximate surface area is 112 Å². The fourth-order valence-corrected chi connectivity index (χ4v) is 2.74. The van der Waals surface area contributed by atoms with E-state index in [1.807, 2.05) is 6.92 Å². The maximum atomic E-state index is 13.6. The minimum atomic E-state index is -1.03. The Hall–Kier alpha value is -1.00. The Morgan fingerprint density at radius 3 is 2.58 bits per heavy atom. The average Bonchev–Trinajstić information content (AvgIpc) is 2.42. The second-order valence-electron chi connectivity index (χ2n) is 5.40. The predicted molar refractivity (Wildman–Crippen MR) is 70.8 cm³/mol. The largest absolute Gasteiger partial charge is 0.387 e. The van der Waals surface area contributed by atoms with Crippen LogP contribution in [0.3, 0.4) is 0 Å². The van der Waals surface area contributed by atoms with Crippen LogP contribution >= 0.6 is 0 Å². The molecule has 0 aliphatic heterocycles. The summed E-state index contributed by atoms with van der Waals surface area (Å²) in [6, 6.07) is 3.26. The van der Waals surface area contributed by atoms with Gasteiger partial charge in [0.25, 0.3) is 0 Å². The molecule has 1 aliphatic rings. The highest BCUT2D eigenvalue weighted by Gasteiger charge is 2.23. The molecule has 1 saturated carbocycles. The van der Waals surface area contributed by atoms with E-state index in [0.29, 0.717) is 6.04 Å². The molecule has 4 heteroatoms. The molecule has 2 atom stereocenters. The highest BCUT2D eigenvalue weighted by molar-refractivity contribution is 5.22. The van der Waals surface area contributed by atoms with Crippen LogP contribution < -0.4 is 5.32 Å². The number of nitrogens with one attached hydrogen (secondary N) is 1. The molecule has 0 amide bonds. The van der Waals surface area contributed by atoms with E-state index in [1.54, 1.807) is 0 Å². The van der Waals surface area contributed by atoms with E-state index in [9.17, 15) is 13.9 Å². The molecular weight excluding hydrogens is 248 g/mol. The van der Waals surface area contributed by atoms with Crippen molar-refractivity contribution in [1.29, 1.82) is 0 Å². The summed E-state index contributed by atoms with van der Waals surface area (Å²) < 4.78 is 26.7. The summed E-state index contributed by atoms with van der Waals surface area (Å²) in [6.07, 6.45) is 4.78. The number of aliphatic hydroxyl groups excluding tert-OH is 1. The van der Waals surface area contributed by atoms with Crippen molar-refractivity contribution >= 4 is 0 Å². The second-order valence-corrected chi connectivity index (χ2v) is 5.40. The van der Waals surface area contributed by atoms with Crippen molar-refractivity contribution in [2.45, 2.75) is 57.2 Å².